The van der Waals surface area contributed by atoms with Crippen molar-refractivity contribution in [3.63, 3.8) is 0 Å². The Bertz CT molecular complexity index is 573. The van der Waals surface area contributed by atoms with Crippen molar-refractivity contribution in [2.24, 2.45) is 5.73 Å². The van der Waals surface area contributed by atoms with Gasteiger partial charge in [0.2, 0.25) is 0 Å². The van der Waals surface area contributed by atoms with Gasteiger partial charge in [-0.05, 0) is 36.2 Å². The molecular weight excluding hydrogens is 306 g/mol. The maximum Gasteiger partial charge on any atom is 0.148 e. The minimum absolute atomic E-state index is 0.0780. The topological polar surface area (TPSA) is 44.5 Å². The number of rotatable bonds is 7. The highest BCUT2D eigenvalue weighted by Gasteiger charge is 2.22. The van der Waals surface area contributed by atoms with Crippen LogP contribution < -0.4 is 10.5 Å². The van der Waals surface area contributed by atoms with E-state index in [0.717, 1.165) is 26.9 Å². The fourth-order valence-corrected chi connectivity index (χ4v) is 3.24. The van der Waals surface area contributed by atoms with Crippen LogP contribution in [0.2, 0.25) is 4.34 Å². The van der Waals surface area contributed by atoms with E-state index in [0.29, 0.717) is 6.61 Å². The van der Waals surface area contributed by atoms with Crippen molar-refractivity contribution in [3.05, 3.63) is 51.2 Å². The molecule has 0 bridgehead atoms. The van der Waals surface area contributed by atoms with Gasteiger partial charge in [-0.3, -0.25) is 0 Å². The fourth-order valence-electron chi connectivity index (χ4n) is 2.07. The van der Waals surface area contributed by atoms with Crippen LogP contribution in [0.5, 0.6) is 5.75 Å². The van der Waals surface area contributed by atoms with E-state index in [2.05, 4.69) is 6.92 Å². The molecule has 2 aromatic rings. The first kappa shape index (κ1) is 16.3. The monoisotopic (exact) mass is 325 g/mol. The molecule has 0 saturated heterocycles. The number of thiophene rings is 1. The van der Waals surface area contributed by atoms with Crippen molar-refractivity contribution >= 4 is 22.9 Å². The average Bonchev–Trinajstić information content (AvgIpc) is 2.91. The molecule has 0 aliphatic rings. The van der Waals surface area contributed by atoms with Gasteiger partial charge in [-0.15, -0.1) is 11.3 Å². The van der Waals surface area contributed by atoms with Crippen LogP contribution >= 0.6 is 22.9 Å². The molecule has 2 N–H and O–H groups in total. The van der Waals surface area contributed by atoms with E-state index in [1.54, 1.807) is 7.11 Å². The molecule has 1 aromatic heterocycles. The van der Waals surface area contributed by atoms with E-state index in [4.69, 9.17) is 26.8 Å². The molecule has 5 heteroatoms. The molecule has 3 nitrogen and oxygen atoms in total. The highest BCUT2D eigenvalue weighted by atomic mass is 35.5. The van der Waals surface area contributed by atoms with Crippen LogP contribution in [-0.2, 0) is 11.3 Å². The van der Waals surface area contributed by atoms with Gasteiger partial charge >= 0.3 is 0 Å². The number of hydrogen-bond acceptors (Lipinski definition) is 4. The van der Waals surface area contributed by atoms with Gasteiger partial charge in [0.05, 0.1) is 10.9 Å². The largest absolute Gasteiger partial charge is 0.483 e. The maximum absolute atomic E-state index is 6.22. The summed E-state index contributed by atoms with van der Waals surface area (Å²) in [5.41, 5.74) is 7.29. The Balaban J connectivity index is 2.20. The molecule has 2 rings (SSSR count). The molecular formula is C16H20ClNO2S. The Kier molecular flexibility index (Phi) is 6.06. The molecule has 2 atom stereocenters. The van der Waals surface area contributed by atoms with Gasteiger partial charge in [0.1, 0.15) is 11.9 Å². The van der Waals surface area contributed by atoms with Gasteiger partial charge in [0.15, 0.2) is 0 Å². The Hall–Kier alpha value is -1.07. The lowest BCUT2D eigenvalue weighted by molar-refractivity contribution is 0.171. The summed E-state index contributed by atoms with van der Waals surface area (Å²) in [6, 6.07) is 11.7. The molecule has 0 aliphatic carbocycles. The fraction of sp³-hybridized carbons (Fsp3) is 0.375. The normalized spacial score (nSPS) is 13.9. The molecule has 21 heavy (non-hydrogen) atoms. The first-order chi connectivity index (χ1) is 10.1. The van der Waals surface area contributed by atoms with Crippen LogP contribution in [0, 0.1) is 0 Å². The molecule has 0 saturated carbocycles. The number of ether oxygens (including phenoxy) is 2. The van der Waals surface area contributed by atoms with E-state index in [1.807, 2.05) is 36.4 Å². The van der Waals surface area contributed by atoms with Crippen molar-refractivity contribution in [1.29, 1.82) is 0 Å². The molecule has 1 aromatic carbocycles. The van der Waals surface area contributed by atoms with Crippen molar-refractivity contribution in [3.8, 4) is 5.75 Å². The van der Waals surface area contributed by atoms with E-state index in [-0.39, 0.29) is 12.1 Å². The van der Waals surface area contributed by atoms with E-state index >= 15 is 0 Å². The van der Waals surface area contributed by atoms with E-state index in [9.17, 15) is 0 Å². The van der Waals surface area contributed by atoms with Crippen molar-refractivity contribution in [2.75, 3.05) is 7.11 Å². The third-order valence-electron chi connectivity index (χ3n) is 3.21. The molecule has 0 radical (unpaired) electrons. The number of nitrogens with two attached hydrogens (primary N) is 1. The Labute approximate surface area is 134 Å². The first-order valence-electron chi connectivity index (χ1n) is 6.89. The second kappa shape index (κ2) is 7.80. The van der Waals surface area contributed by atoms with Crippen LogP contribution in [0.1, 0.15) is 29.9 Å². The van der Waals surface area contributed by atoms with Crippen LogP contribution in [0.3, 0.4) is 0 Å². The summed E-state index contributed by atoms with van der Waals surface area (Å²) in [7, 11) is 1.68. The molecule has 0 spiro atoms. The van der Waals surface area contributed by atoms with E-state index < -0.39 is 0 Å². The van der Waals surface area contributed by atoms with Gasteiger partial charge in [-0.1, -0.05) is 30.7 Å². The molecule has 1 heterocycles. The Morgan fingerprint density at radius 3 is 2.71 bits per heavy atom. The second-order valence-electron chi connectivity index (χ2n) is 4.83. The van der Waals surface area contributed by atoms with Gasteiger partial charge in [0, 0.05) is 18.0 Å². The summed E-state index contributed by atoms with van der Waals surface area (Å²) in [4.78, 5) is 1.05. The third-order valence-corrected chi connectivity index (χ3v) is 4.50. The zero-order valence-electron chi connectivity index (χ0n) is 12.2. The van der Waals surface area contributed by atoms with Gasteiger partial charge in [-0.25, -0.2) is 0 Å². The number of hydrogen-bond donors (Lipinski definition) is 1. The lowest BCUT2D eigenvalue weighted by Crippen LogP contribution is -2.30. The predicted octanol–water partition coefficient (Wildman–Crippen LogP) is 4.41. The average molecular weight is 326 g/mol. The lowest BCUT2D eigenvalue weighted by Gasteiger charge is -2.23. The molecule has 2 unspecified atom stereocenters. The number of methoxy groups -OCH3 is 1. The molecule has 0 aliphatic heterocycles. The zero-order valence-corrected chi connectivity index (χ0v) is 13.8. The van der Waals surface area contributed by atoms with Crippen molar-refractivity contribution in [1.82, 2.24) is 0 Å². The highest BCUT2D eigenvalue weighted by molar-refractivity contribution is 7.16. The quantitative estimate of drug-likeness (QED) is 0.820. The minimum Gasteiger partial charge on any atom is -0.483 e. The summed E-state index contributed by atoms with van der Waals surface area (Å²) in [5, 5.41) is 0. The van der Waals surface area contributed by atoms with Crippen LogP contribution in [0.4, 0.5) is 0 Å². The van der Waals surface area contributed by atoms with Crippen LogP contribution in [-0.4, -0.2) is 13.2 Å². The minimum atomic E-state index is -0.190. The third kappa shape index (κ3) is 4.45. The maximum atomic E-state index is 6.22. The smallest absolute Gasteiger partial charge is 0.148 e. The standard InChI is InChI=1S/C16H20ClNO2S/c1-3-13(18)16(14-7-8-15(17)21-14)20-12-6-4-5-11(9-12)10-19-2/h4-9,13,16H,3,10,18H2,1-2H3. The van der Waals surface area contributed by atoms with Crippen LogP contribution in [0.15, 0.2) is 36.4 Å². The summed E-state index contributed by atoms with van der Waals surface area (Å²) >= 11 is 7.54. The zero-order chi connectivity index (χ0) is 15.2. The second-order valence-corrected chi connectivity index (χ2v) is 6.58. The SMILES string of the molecule is CCC(N)C(Oc1cccc(COC)c1)c1ccc(Cl)s1. The Morgan fingerprint density at radius 1 is 1.29 bits per heavy atom. The van der Waals surface area contributed by atoms with E-state index in [1.165, 1.54) is 11.3 Å². The predicted molar refractivity (Wildman–Crippen MR) is 88.1 cm³/mol. The Morgan fingerprint density at radius 2 is 2.10 bits per heavy atom. The number of benzene rings is 1. The van der Waals surface area contributed by atoms with Crippen molar-refractivity contribution < 1.29 is 9.47 Å². The first-order valence-corrected chi connectivity index (χ1v) is 8.08. The van der Waals surface area contributed by atoms with Crippen LogP contribution in [0.25, 0.3) is 0 Å². The summed E-state index contributed by atoms with van der Waals surface area (Å²) in [6.07, 6.45) is 0.642. The summed E-state index contributed by atoms with van der Waals surface area (Å²) in [6.45, 7) is 2.62. The summed E-state index contributed by atoms with van der Waals surface area (Å²) < 4.78 is 12.0. The summed E-state index contributed by atoms with van der Waals surface area (Å²) in [5.74, 6) is 0.794. The van der Waals surface area contributed by atoms with Gasteiger partial charge in [-0.2, -0.15) is 0 Å². The lowest BCUT2D eigenvalue weighted by atomic mass is 10.1. The number of halogens is 1. The van der Waals surface area contributed by atoms with Gasteiger partial charge < -0.3 is 15.2 Å². The highest BCUT2D eigenvalue weighted by Crippen LogP contribution is 2.32. The van der Waals surface area contributed by atoms with Gasteiger partial charge in [0.25, 0.3) is 0 Å². The molecule has 114 valence electrons. The molecule has 0 amide bonds. The molecule has 0 fully saturated rings. The van der Waals surface area contributed by atoms with Crippen molar-refractivity contribution in [2.45, 2.75) is 32.1 Å².